The Morgan fingerprint density at radius 1 is 1.16 bits per heavy atom. The van der Waals surface area contributed by atoms with Gasteiger partial charge in [0.2, 0.25) is 0 Å². The Morgan fingerprint density at radius 3 is 2.80 bits per heavy atom. The second kappa shape index (κ2) is 7.25. The van der Waals surface area contributed by atoms with Crippen LogP contribution in [-0.4, -0.2) is 24.5 Å². The van der Waals surface area contributed by atoms with Crippen LogP contribution in [0, 0.1) is 11.6 Å². The average molecular weight is 341 g/mol. The summed E-state index contributed by atoms with van der Waals surface area (Å²) in [5.41, 5.74) is 2.33. The summed E-state index contributed by atoms with van der Waals surface area (Å²) in [5.74, 6) is -1.46. The molecule has 4 nitrogen and oxygen atoms in total. The molecule has 0 spiro atoms. The zero-order valence-corrected chi connectivity index (χ0v) is 13.6. The standard InChI is InChI=1S/C19H17F2N3O/c1-22-19(25)13-4-2-3-12(9-13)5-7-23-17-6-8-24-18-15(17)10-14(20)11-16(18)21/h2-4,6,8-11H,5,7H2,1H3,(H,22,25)(H,23,24). The summed E-state index contributed by atoms with van der Waals surface area (Å²) in [5, 5.41) is 6.17. The molecule has 3 rings (SSSR count). The number of anilines is 1. The zero-order valence-electron chi connectivity index (χ0n) is 13.6. The summed E-state index contributed by atoms with van der Waals surface area (Å²) in [7, 11) is 1.59. The van der Waals surface area contributed by atoms with Gasteiger partial charge < -0.3 is 10.6 Å². The van der Waals surface area contributed by atoms with E-state index >= 15 is 0 Å². The maximum Gasteiger partial charge on any atom is 0.251 e. The smallest absolute Gasteiger partial charge is 0.251 e. The second-order valence-corrected chi connectivity index (χ2v) is 5.60. The van der Waals surface area contributed by atoms with Crippen LogP contribution in [0.1, 0.15) is 15.9 Å². The Labute approximate surface area is 143 Å². The molecule has 0 bridgehead atoms. The number of nitrogens with zero attached hydrogens (tertiary/aromatic N) is 1. The van der Waals surface area contributed by atoms with Crippen molar-refractivity contribution in [3.8, 4) is 0 Å². The Bertz CT molecular complexity index is 928. The number of hydrogen-bond acceptors (Lipinski definition) is 3. The fourth-order valence-corrected chi connectivity index (χ4v) is 2.69. The number of carbonyl (C=O) groups is 1. The highest BCUT2D eigenvalue weighted by Crippen LogP contribution is 2.24. The molecule has 1 aromatic heterocycles. The number of fused-ring (bicyclic) bond motifs is 1. The molecule has 6 heteroatoms. The summed E-state index contributed by atoms with van der Waals surface area (Å²) >= 11 is 0. The molecule has 0 aliphatic heterocycles. The first-order chi connectivity index (χ1) is 12.1. The molecule has 0 atom stereocenters. The number of aromatic nitrogens is 1. The van der Waals surface area contributed by atoms with Crippen LogP contribution in [0.4, 0.5) is 14.5 Å². The first-order valence-electron chi connectivity index (χ1n) is 7.87. The van der Waals surface area contributed by atoms with E-state index in [1.165, 1.54) is 12.3 Å². The molecule has 1 heterocycles. The lowest BCUT2D eigenvalue weighted by molar-refractivity contribution is 0.0963. The molecule has 0 aliphatic rings. The minimum atomic E-state index is -0.683. The molecular formula is C19H17F2N3O. The minimum Gasteiger partial charge on any atom is -0.384 e. The predicted molar refractivity (Wildman–Crippen MR) is 93.7 cm³/mol. The van der Waals surface area contributed by atoms with Crippen LogP contribution < -0.4 is 10.6 Å². The highest BCUT2D eigenvalue weighted by atomic mass is 19.1. The highest BCUT2D eigenvalue weighted by Gasteiger charge is 2.09. The zero-order chi connectivity index (χ0) is 17.8. The quantitative estimate of drug-likeness (QED) is 0.746. The third kappa shape index (κ3) is 3.74. The summed E-state index contributed by atoms with van der Waals surface area (Å²) in [6, 6.07) is 11.1. The normalized spacial score (nSPS) is 10.7. The minimum absolute atomic E-state index is 0.132. The first-order valence-corrected chi connectivity index (χ1v) is 7.87. The van der Waals surface area contributed by atoms with E-state index in [9.17, 15) is 13.6 Å². The van der Waals surface area contributed by atoms with Gasteiger partial charge in [-0.15, -0.1) is 0 Å². The summed E-state index contributed by atoms with van der Waals surface area (Å²) in [6.45, 7) is 0.550. The number of halogens is 2. The Morgan fingerprint density at radius 2 is 2.00 bits per heavy atom. The van der Waals surface area contributed by atoms with Crippen molar-refractivity contribution in [2.75, 3.05) is 18.9 Å². The number of pyridine rings is 1. The van der Waals surface area contributed by atoms with E-state index in [1.54, 1.807) is 19.2 Å². The fourth-order valence-electron chi connectivity index (χ4n) is 2.69. The van der Waals surface area contributed by atoms with Crippen molar-refractivity contribution in [2.45, 2.75) is 6.42 Å². The lowest BCUT2D eigenvalue weighted by Crippen LogP contribution is -2.18. The SMILES string of the molecule is CNC(=O)c1cccc(CCNc2ccnc3c(F)cc(F)cc23)c1. The number of rotatable bonds is 5. The molecular weight excluding hydrogens is 324 g/mol. The number of carbonyl (C=O) groups excluding carboxylic acids is 1. The van der Waals surface area contributed by atoms with Gasteiger partial charge in [-0.25, -0.2) is 8.78 Å². The van der Waals surface area contributed by atoms with Crippen LogP contribution >= 0.6 is 0 Å². The number of amides is 1. The average Bonchev–Trinajstić information content (AvgIpc) is 2.61. The van der Waals surface area contributed by atoms with Gasteiger partial charge in [-0.3, -0.25) is 9.78 Å². The molecule has 2 N–H and O–H groups in total. The van der Waals surface area contributed by atoms with Crippen molar-refractivity contribution < 1.29 is 13.6 Å². The topological polar surface area (TPSA) is 54.0 Å². The van der Waals surface area contributed by atoms with Gasteiger partial charge >= 0.3 is 0 Å². The fraction of sp³-hybridized carbons (Fsp3) is 0.158. The van der Waals surface area contributed by atoms with E-state index in [1.807, 2.05) is 18.2 Å². The molecule has 3 aromatic rings. The van der Waals surface area contributed by atoms with Gasteiger partial charge in [-0.1, -0.05) is 12.1 Å². The van der Waals surface area contributed by atoms with E-state index in [2.05, 4.69) is 15.6 Å². The Kier molecular flexibility index (Phi) is 4.88. The van der Waals surface area contributed by atoms with E-state index in [0.717, 1.165) is 11.6 Å². The Hall–Kier alpha value is -3.02. The number of hydrogen-bond donors (Lipinski definition) is 2. The van der Waals surface area contributed by atoms with Gasteiger partial charge in [0.1, 0.15) is 11.3 Å². The molecule has 25 heavy (non-hydrogen) atoms. The number of nitrogens with one attached hydrogen (secondary N) is 2. The van der Waals surface area contributed by atoms with Gasteiger partial charge in [0, 0.05) is 42.5 Å². The maximum atomic E-state index is 13.8. The van der Waals surface area contributed by atoms with Crippen molar-refractivity contribution in [1.29, 1.82) is 0 Å². The third-order valence-corrected chi connectivity index (χ3v) is 3.91. The van der Waals surface area contributed by atoms with Crippen molar-refractivity contribution >= 4 is 22.5 Å². The van der Waals surface area contributed by atoms with Crippen molar-refractivity contribution in [3.63, 3.8) is 0 Å². The van der Waals surface area contributed by atoms with Gasteiger partial charge in [-0.05, 0) is 36.2 Å². The summed E-state index contributed by atoms with van der Waals surface area (Å²) in [6.07, 6.45) is 2.14. The molecule has 1 amide bonds. The molecule has 128 valence electrons. The van der Waals surface area contributed by atoms with Crippen molar-refractivity contribution in [1.82, 2.24) is 10.3 Å². The van der Waals surface area contributed by atoms with Crippen molar-refractivity contribution in [3.05, 3.63) is 71.4 Å². The first kappa shape index (κ1) is 16.8. The van der Waals surface area contributed by atoms with E-state index in [0.29, 0.717) is 29.6 Å². The van der Waals surface area contributed by atoms with Gasteiger partial charge in [0.05, 0.1) is 0 Å². The highest BCUT2D eigenvalue weighted by molar-refractivity contribution is 5.94. The summed E-state index contributed by atoms with van der Waals surface area (Å²) < 4.78 is 27.3. The van der Waals surface area contributed by atoms with Gasteiger partial charge in [0.25, 0.3) is 5.91 Å². The molecule has 2 aromatic carbocycles. The molecule has 0 saturated carbocycles. The monoisotopic (exact) mass is 341 g/mol. The van der Waals surface area contributed by atoms with E-state index in [4.69, 9.17) is 0 Å². The van der Waals surface area contributed by atoms with Gasteiger partial charge in [0.15, 0.2) is 5.82 Å². The van der Waals surface area contributed by atoms with Crippen LogP contribution in [0.25, 0.3) is 10.9 Å². The molecule has 0 radical (unpaired) electrons. The predicted octanol–water partition coefficient (Wildman–Crippen LogP) is 3.53. The Balaban J connectivity index is 1.75. The molecule has 0 saturated heterocycles. The third-order valence-electron chi connectivity index (χ3n) is 3.91. The largest absolute Gasteiger partial charge is 0.384 e. The van der Waals surface area contributed by atoms with Gasteiger partial charge in [-0.2, -0.15) is 0 Å². The summed E-state index contributed by atoms with van der Waals surface area (Å²) in [4.78, 5) is 15.6. The van der Waals surface area contributed by atoms with Crippen LogP contribution in [-0.2, 0) is 6.42 Å². The lowest BCUT2D eigenvalue weighted by Gasteiger charge is -2.10. The molecule has 0 unspecified atom stereocenters. The van der Waals surface area contributed by atoms with Crippen LogP contribution in [0.2, 0.25) is 0 Å². The second-order valence-electron chi connectivity index (χ2n) is 5.60. The molecule has 0 fully saturated rings. The van der Waals surface area contributed by atoms with E-state index in [-0.39, 0.29) is 11.4 Å². The van der Waals surface area contributed by atoms with Crippen LogP contribution in [0.15, 0.2) is 48.7 Å². The number of benzene rings is 2. The van der Waals surface area contributed by atoms with Crippen molar-refractivity contribution in [2.24, 2.45) is 0 Å². The maximum absolute atomic E-state index is 13.8. The van der Waals surface area contributed by atoms with Crippen LogP contribution in [0.3, 0.4) is 0 Å². The molecule has 0 aliphatic carbocycles. The lowest BCUT2D eigenvalue weighted by atomic mass is 10.1. The van der Waals surface area contributed by atoms with E-state index < -0.39 is 11.6 Å². The van der Waals surface area contributed by atoms with Crippen LogP contribution in [0.5, 0.6) is 0 Å².